The predicted octanol–water partition coefficient (Wildman–Crippen LogP) is 3.17. The van der Waals surface area contributed by atoms with E-state index < -0.39 is 0 Å². The number of carbonyl (C=O) groups is 1. The predicted molar refractivity (Wildman–Crippen MR) is 94.1 cm³/mol. The van der Waals surface area contributed by atoms with E-state index in [2.05, 4.69) is 29.3 Å². The van der Waals surface area contributed by atoms with Crippen LogP contribution in [0.2, 0.25) is 0 Å². The number of ether oxygens (including phenoxy) is 1. The molecule has 128 valence electrons. The SMILES string of the molecule is COc1ccc(C2CCCN2C(=O)[C@H]2CCN[C@@H](C)C2)cc1.Cl. The molecule has 1 N–H and O–H groups in total. The molecule has 1 unspecified atom stereocenters. The van der Waals surface area contributed by atoms with Gasteiger partial charge in [-0.15, -0.1) is 12.4 Å². The van der Waals surface area contributed by atoms with Crippen LogP contribution in [-0.4, -0.2) is 37.0 Å². The molecule has 0 aromatic heterocycles. The Balaban J connectivity index is 0.00000192. The number of piperidine rings is 1. The molecule has 1 amide bonds. The van der Waals surface area contributed by atoms with Gasteiger partial charge < -0.3 is 15.0 Å². The van der Waals surface area contributed by atoms with E-state index in [9.17, 15) is 4.79 Å². The second kappa shape index (κ2) is 8.02. The fraction of sp³-hybridized carbons (Fsp3) is 0.611. The first-order valence-corrected chi connectivity index (χ1v) is 8.37. The number of halogens is 1. The lowest BCUT2D eigenvalue weighted by atomic mass is 9.91. The standard InChI is InChI=1S/C18H26N2O2.ClH/c1-13-12-15(9-10-19-13)18(21)20-11-3-4-17(20)14-5-7-16(22-2)8-6-14;/h5-8,13,15,17,19H,3-4,9-12H2,1-2H3;1H/t13-,15-,17?;/m0./s1. The van der Waals surface area contributed by atoms with E-state index in [-0.39, 0.29) is 24.4 Å². The molecule has 0 radical (unpaired) electrons. The highest BCUT2D eigenvalue weighted by Gasteiger charge is 2.35. The Labute approximate surface area is 145 Å². The number of methoxy groups -OCH3 is 1. The zero-order chi connectivity index (χ0) is 15.5. The summed E-state index contributed by atoms with van der Waals surface area (Å²) < 4.78 is 5.23. The van der Waals surface area contributed by atoms with E-state index in [0.717, 1.165) is 44.5 Å². The number of carbonyl (C=O) groups excluding carboxylic acids is 1. The third kappa shape index (κ3) is 3.99. The molecular formula is C18H27ClN2O2. The van der Waals surface area contributed by atoms with Gasteiger partial charge in [-0.1, -0.05) is 12.1 Å². The van der Waals surface area contributed by atoms with Gasteiger partial charge in [0.25, 0.3) is 0 Å². The first-order valence-electron chi connectivity index (χ1n) is 8.37. The van der Waals surface area contributed by atoms with Crippen LogP contribution in [-0.2, 0) is 4.79 Å². The smallest absolute Gasteiger partial charge is 0.226 e. The number of nitrogens with zero attached hydrogens (tertiary/aromatic N) is 1. The van der Waals surface area contributed by atoms with Crippen LogP contribution in [0.15, 0.2) is 24.3 Å². The Bertz CT molecular complexity index is 520. The fourth-order valence-electron chi connectivity index (χ4n) is 3.79. The van der Waals surface area contributed by atoms with Gasteiger partial charge in [0.15, 0.2) is 0 Å². The van der Waals surface area contributed by atoms with Crippen molar-refractivity contribution in [1.82, 2.24) is 10.2 Å². The van der Waals surface area contributed by atoms with Crippen molar-refractivity contribution in [2.45, 2.75) is 44.7 Å². The number of hydrogen-bond donors (Lipinski definition) is 1. The average Bonchev–Trinajstić information content (AvgIpc) is 3.04. The topological polar surface area (TPSA) is 41.6 Å². The van der Waals surface area contributed by atoms with Crippen LogP contribution in [0.5, 0.6) is 5.75 Å². The summed E-state index contributed by atoms with van der Waals surface area (Å²) in [5, 5.41) is 3.43. The number of likely N-dealkylation sites (tertiary alicyclic amines) is 1. The summed E-state index contributed by atoms with van der Waals surface area (Å²) in [6.07, 6.45) is 4.10. The molecule has 2 saturated heterocycles. The molecule has 2 aliphatic heterocycles. The number of amides is 1. The van der Waals surface area contributed by atoms with E-state index in [4.69, 9.17) is 4.74 Å². The lowest BCUT2D eigenvalue weighted by Gasteiger charge is -2.33. The van der Waals surface area contributed by atoms with Gasteiger partial charge in [0.1, 0.15) is 5.75 Å². The van der Waals surface area contributed by atoms with E-state index in [1.165, 1.54) is 5.56 Å². The molecule has 4 nitrogen and oxygen atoms in total. The third-order valence-electron chi connectivity index (χ3n) is 5.01. The van der Waals surface area contributed by atoms with Crippen molar-refractivity contribution in [1.29, 1.82) is 0 Å². The van der Waals surface area contributed by atoms with E-state index in [1.54, 1.807) is 7.11 Å². The van der Waals surface area contributed by atoms with Gasteiger partial charge in [-0.05, 0) is 56.8 Å². The van der Waals surface area contributed by atoms with E-state index in [1.807, 2.05) is 12.1 Å². The summed E-state index contributed by atoms with van der Waals surface area (Å²) >= 11 is 0. The highest BCUT2D eigenvalue weighted by molar-refractivity contribution is 5.85. The molecule has 0 aliphatic carbocycles. The van der Waals surface area contributed by atoms with Gasteiger partial charge in [0.2, 0.25) is 5.91 Å². The van der Waals surface area contributed by atoms with Gasteiger partial charge >= 0.3 is 0 Å². The first kappa shape index (κ1) is 18.1. The monoisotopic (exact) mass is 338 g/mol. The maximum Gasteiger partial charge on any atom is 0.226 e. The molecule has 2 heterocycles. The van der Waals surface area contributed by atoms with Crippen molar-refractivity contribution in [2.75, 3.05) is 20.2 Å². The zero-order valence-corrected chi connectivity index (χ0v) is 14.8. The second-order valence-corrected chi connectivity index (χ2v) is 6.54. The quantitative estimate of drug-likeness (QED) is 0.920. The van der Waals surface area contributed by atoms with Gasteiger partial charge in [-0.25, -0.2) is 0 Å². The van der Waals surface area contributed by atoms with Gasteiger partial charge in [-0.3, -0.25) is 4.79 Å². The fourth-order valence-corrected chi connectivity index (χ4v) is 3.79. The minimum absolute atomic E-state index is 0. The average molecular weight is 339 g/mol. The van der Waals surface area contributed by atoms with Crippen LogP contribution < -0.4 is 10.1 Å². The third-order valence-corrected chi connectivity index (χ3v) is 5.01. The maximum absolute atomic E-state index is 12.9. The minimum atomic E-state index is 0. The molecule has 2 fully saturated rings. The lowest BCUT2D eigenvalue weighted by Crippen LogP contribution is -2.44. The Morgan fingerprint density at radius 2 is 2.00 bits per heavy atom. The number of rotatable bonds is 3. The molecule has 0 spiro atoms. The summed E-state index contributed by atoms with van der Waals surface area (Å²) in [7, 11) is 1.68. The van der Waals surface area contributed by atoms with Crippen LogP contribution in [0, 0.1) is 5.92 Å². The summed E-state index contributed by atoms with van der Waals surface area (Å²) in [6.45, 7) is 4.02. The van der Waals surface area contributed by atoms with Crippen LogP contribution in [0.25, 0.3) is 0 Å². The van der Waals surface area contributed by atoms with Crippen molar-refractivity contribution < 1.29 is 9.53 Å². The van der Waals surface area contributed by atoms with Crippen molar-refractivity contribution in [2.24, 2.45) is 5.92 Å². The number of nitrogens with one attached hydrogen (secondary N) is 1. The number of hydrogen-bond acceptors (Lipinski definition) is 3. The van der Waals surface area contributed by atoms with Gasteiger partial charge in [0.05, 0.1) is 13.2 Å². The summed E-state index contributed by atoms with van der Waals surface area (Å²) in [6, 6.07) is 8.86. The van der Waals surface area contributed by atoms with Gasteiger partial charge in [-0.2, -0.15) is 0 Å². The zero-order valence-electron chi connectivity index (χ0n) is 14.0. The van der Waals surface area contributed by atoms with Crippen molar-refractivity contribution >= 4 is 18.3 Å². The Morgan fingerprint density at radius 1 is 1.26 bits per heavy atom. The van der Waals surface area contributed by atoms with E-state index >= 15 is 0 Å². The van der Waals surface area contributed by atoms with Crippen molar-refractivity contribution in [3.63, 3.8) is 0 Å². The van der Waals surface area contributed by atoms with Crippen LogP contribution in [0.1, 0.15) is 44.2 Å². The Kier molecular flexibility index (Phi) is 6.31. The molecule has 3 atom stereocenters. The molecule has 23 heavy (non-hydrogen) atoms. The molecular weight excluding hydrogens is 312 g/mol. The normalized spacial score (nSPS) is 27.4. The molecule has 1 aromatic carbocycles. The summed E-state index contributed by atoms with van der Waals surface area (Å²) in [5.74, 6) is 1.41. The molecule has 2 aliphatic rings. The largest absolute Gasteiger partial charge is 0.497 e. The van der Waals surface area contributed by atoms with Crippen molar-refractivity contribution in [3.05, 3.63) is 29.8 Å². The highest BCUT2D eigenvalue weighted by Crippen LogP contribution is 2.35. The Morgan fingerprint density at radius 3 is 2.65 bits per heavy atom. The van der Waals surface area contributed by atoms with E-state index in [0.29, 0.717) is 11.9 Å². The molecule has 1 aromatic rings. The van der Waals surface area contributed by atoms with Crippen molar-refractivity contribution in [3.8, 4) is 5.75 Å². The lowest BCUT2D eigenvalue weighted by molar-refractivity contribution is -0.137. The molecule has 0 bridgehead atoms. The summed E-state index contributed by atoms with van der Waals surface area (Å²) in [5.41, 5.74) is 1.23. The molecule has 3 rings (SSSR count). The maximum atomic E-state index is 12.9. The van der Waals surface area contributed by atoms with Crippen LogP contribution in [0.4, 0.5) is 0 Å². The van der Waals surface area contributed by atoms with Crippen LogP contribution >= 0.6 is 12.4 Å². The Hall–Kier alpha value is -1.26. The summed E-state index contributed by atoms with van der Waals surface area (Å²) in [4.78, 5) is 15.0. The second-order valence-electron chi connectivity index (χ2n) is 6.54. The molecule has 0 saturated carbocycles. The molecule has 5 heteroatoms. The highest BCUT2D eigenvalue weighted by atomic mass is 35.5. The minimum Gasteiger partial charge on any atom is -0.497 e. The van der Waals surface area contributed by atoms with Gasteiger partial charge in [0, 0.05) is 18.5 Å². The first-order chi connectivity index (χ1) is 10.7. The number of benzene rings is 1. The van der Waals surface area contributed by atoms with Crippen LogP contribution in [0.3, 0.4) is 0 Å².